The molecule has 1 fully saturated rings. The smallest absolute Gasteiger partial charge is 0.383 e. The number of benzene rings is 1. The van der Waals surface area contributed by atoms with E-state index in [1.54, 1.807) is 24.4 Å². The summed E-state index contributed by atoms with van der Waals surface area (Å²) in [5.41, 5.74) is 7.29. The molecule has 1 aliphatic heterocycles. The SMILES string of the molecule is Nc1ncccc1-c1ccc(S(=O)(=O)C2CNC2)c([S+]=O)c1-c1nn[nH]n1. The molecule has 12 heteroatoms. The first-order valence-electron chi connectivity index (χ1n) is 7.90. The number of hydrogen-bond acceptors (Lipinski definition) is 9. The highest BCUT2D eigenvalue weighted by atomic mass is 32.2. The van der Waals surface area contributed by atoms with Crippen LogP contribution in [-0.4, -0.2) is 52.4 Å². The molecule has 27 heavy (non-hydrogen) atoms. The molecule has 0 atom stereocenters. The second kappa shape index (κ2) is 6.72. The Morgan fingerprint density at radius 1 is 1.19 bits per heavy atom. The molecule has 138 valence electrons. The van der Waals surface area contributed by atoms with Crippen LogP contribution < -0.4 is 11.1 Å². The van der Waals surface area contributed by atoms with Gasteiger partial charge in [0.15, 0.2) is 9.84 Å². The lowest BCUT2D eigenvalue weighted by Crippen LogP contribution is -2.51. The number of nitrogen functional groups attached to an aromatic ring is 1. The summed E-state index contributed by atoms with van der Waals surface area (Å²) in [6.45, 7) is 0.695. The van der Waals surface area contributed by atoms with Crippen LogP contribution in [0, 0.1) is 0 Å². The molecule has 4 N–H and O–H groups in total. The van der Waals surface area contributed by atoms with Crippen molar-refractivity contribution in [3.8, 4) is 22.5 Å². The van der Waals surface area contributed by atoms with Gasteiger partial charge in [0.2, 0.25) is 5.82 Å². The molecular weight excluding hydrogens is 390 g/mol. The van der Waals surface area contributed by atoms with Crippen molar-refractivity contribution in [1.29, 1.82) is 0 Å². The molecular formula is C15H14N7O3S2+. The summed E-state index contributed by atoms with van der Waals surface area (Å²) in [5.74, 6) is 0.346. The maximum Gasteiger partial charge on any atom is 0.507 e. The molecule has 0 unspecified atom stereocenters. The number of nitrogens with two attached hydrogens (primary N) is 1. The topological polar surface area (TPSA) is 157 Å². The normalized spacial score (nSPS) is 14.7. The van der Waals surface area contributed by atoms with Gasteiger partial charge in [-0.25, -0.2) is 13.4 Å². The third-order valence-corrected chi connectivity index (χ3v) is 7.28. The minimum atomic E-state index is -3.68. The van der Waals surface area contributed by atoms with E-state index >= 15 is 0 Å². The van der Waals surface area contributed by atoms with Crippen LogP contribution in [0.2, 0.25) is 0 Å². The van der Waals surface area contributed by atoms with Crippen LogP contribution in [0.4, 0.5) is 5.82 Å². The standard InChI is InChI=1S/C15H14N7O3S2/c16-14-10(2-1-5-18-14)9-3-4-11(27(24,25)8-6-17-7-8)13(26-23)12(9)15-19-21-22-20-15/h1-5,8,17H,6-7H2,(H2,16,18)(H,19,20,21,22)/q+1. The summed E-state index contributed by atoms with van der Waals surface area (Å²) >= 11 is 0.0814. The highest BCUT2D eigenvalue weighted by Crippen LogP contribution is 2.39. The summed E-state index contributed by atoms with van der Waals surface area (Å²) in [6.07, 6.45) is 1.54. The van der Waals surface area contributed by atoms with Crippen LogP contribution in [0.5, 0.6) is 0 Å². The first-order chi connectivity index (χ1) is 13.0. The maximum absolute atomic E-state index is 12.9. The lowest BCUT2D eigenvalue weighted by Gasteiger charge is -2.26. The summed E-state index contributed by atoms with van der Waals surface area (Å²) in [4.78, 5) is 4.03. The van der Waals surface area contributed by atoms with Gasteiger partial charge in [0, 0.05) is 34.6 Å². The average molecular weight is 404 g/mol. The Kier molecular flexibility index (Phi) is 4.37. The molecule has 3 aromatic rings. The summed E-state index contributed by atoms with van der Waals surface area (Å²) in [5, 5.41) is 16.1. The molecule has 0 radical (unpaired) electrons. The van der Waals surface area contributed by atoms with Crippen molar-refractivity contribution in [2.75, 3.05) is 18.8 Å². The molecule has 1 aromatic carbocycles. The molecule has 2 aromatic heterocycles. The average Bonchev–Trinajstić information content (AvgIpc) is 3.13. The van der Waals surface area contributed by atoms with Crippen molar-refractivity contribution in [2.45, 2.75) is 15.0 Å². The van der Waals surface area contributed by atoms with Crippen molar-refractivity contribution >= 4 is 27.3 Å². The molecule has 0 aliphatic carbocycles. The minimum Gasteiger partial charge on any atom is -0.383 e. The van der Waals surface area contributed by atoms with E-state index in [0.29, 0.717) is 24.2 Å². The second-order valence-electron chi connectivity index (χ2n) is 5.90. The zero-order chi connectivity index (χ0) is 19.0. The summed E-state index contributed by atoms with van der Waals surface area (Å²) in [7, 11) is -3.68. The van der Waals surface area contributed by atoms with E-state index in [1.807, 2.05) is 0 Å². The summed E-state index contributed by atoms with van der Waals surface area (Å²) in [6, 6.07) is 6.45. The molecule has 0 amide bonds. The lowest BCUT2D eigenvalue weighted by molar-refractivity contribution is 0.494. The van der Waals surface area contributed by atoms with Crippen LogP contribution in [0.1, 0.15) is 0 Å². The van der Waals surface area contributed by atoms with Gasteiger partial charge in [0.25, 0.3) is 0 Å². The van der Waals surface area contributed by atoms with Gasteiger partial charge < -0.3 is 11.1 Å². The maximum atomic E-state index is 12.9. The van der Waals surface area contributed by atoms with Crippen molar-refractivity contribution in [1.82, 2.24) is 30.9 Å². The number of sulfone groups is 1. The number of aromatic amines is 1. The second-order valence-corrected chi connectivity index (χ2v) is 8.67. The predicted octanol–water partition coefficient (Wildman–Crippen LogP) is 0.0434. The molecule has 4 rings (SSSR count). The van der Waals surface area contributed by atoms with Crippen molar-refractivity contribution < 1.29 is 12.6 Å². The first kappa shape index (κ1) is 17.6. The Morgan fingerprint density at radius 3 is 2.59 bits per heavy atom. The van der Waals surface area contributed by atoms with Crippen LogP contribution in [0.25, 0.3) is 22.5 Å². The number of nitrogens with one attached hydrogen (secondary N) is 2. The highest BCUT2D eigenvalue weighted by molar-refractivity contribution is 7.92. The van der Waals surface area contributed by atoms with E-state index in [0.717, 1.165) is 0 Å². The van der Waals surface area contributed by atoms with Gasteiger partial charge in [-0.1, -0.05) is 6.07 Å². The fourth-order valence-corrected chi connectivity index (χ4v) is 5.43. The van der Waals surface area contributed by atoms with Crippen molar-refractivity contribution in [3.05, 3.63) is 30.5 Å². The van der Waals surface area contributed by atoms with Crippen LogP contribution >= 0.6 is 0 Å². The van der Waals surface area contributed by atoms with Gasteiger partial charge in [0.1, 0.15) is 16.3 Å². The van der Waals surface area contributed by atoms with E-state index in [1.165, 1.54) is 6.07 Å². The number of hydrogen-bond donors (Lipinski definition) is 3. The van der Waals surface area contributed by atoms with Gasteiger partial charge in [-0.15, -0.1) is 10.2 Å². The minimum absolute atomic E-state index is 0.0176. The van der Waals surface area contributed by atoms with E-state index < -0.39 is 15.1 Å². The Hall–Kier alpha value is -2.83. The molecule has 1 saturated heterocycles. The van der Waals surface area contributed by atoms with E-state index in [2.05, 4.69) is 30.9 Å². The third-order valence-electron chi connectivity index (χ3n) is 4.39. The Labute approximate surface area is 158 Å². The predicted molar refractivity (Wildman–Crippen MR) is 97.4 cm³/mol. The number of rotatable bonds is 5. The number of pyridine rings is 1. The molecule has 0 bridgehead atoms. The van der Waals surface area contributed by atoms with E-state index in [-0.39, 0.29) is 38.7 Å². The quantitative estimate of drug-likeness (QED) is 0.500. The fraction of sp³-hybridized carbons (Fsp3) is 0.200. The monoisotopic (exact) mass is 404 g/mol. The number of nitrogens with zero attached hydrogens (tertiary/aromatic N) is 4. The van der Waals surface area contributed by atoms with E-state index in [4.69, 9.17) is 5.73 Å². The first-order valence-corrected chi connectivity index (χ1v) is 10.2. The molecule has 0 saturated carbocycles. The number of H-pyrrole nitrogens is 1. The largest absolute Gasteiger partial charge is 0.507 e. The third kappa shape index (κ3) is 2.87. The Morgan fingerprint density at radius 2 is 2.00 bits per heavy atom. The Balaban J connectivity index is 2.03. The van der Waals surface area contributed by atoms with Gasteiger partial charge in [-0.05, 0) is 23.4 Å². The van der Waals surface area contributed by atoms with Gasteiger partial charge in [-0.2, -0.15) is 5.21 Å². The zero-order valence-corrected chi connectivity index (χ0v) is 15.4. The van der Waals surface area contributed by atoms with Crippen LogP contribution in [-0.2, 0) is 25.7 Å². The number of anilines is 1. The van der Waals surface area contributed by atoms with Crippen molar-refractivity contribution in [2.24, 2.45) is 0 Å². The highest BCUT2D eigenvalue weighted by Gasteiger charge is 2.40. The van der Waals surface area contributed by atoms with Gasteiger partial charge in [-0.3, -0.25) is 0 Å². The Bertz CT molecular complexity index is 1110. The number of aromatic nitrogens is 5. The van der Waals surface area contributed by atoms with Gasteiger partial charge in [0.05, 0.1) is 5.25 Å². The number of tetrazole rings is 1. The molecule has 10 nitrogen and oxygen atoms in total. The summed E-state index contributed by atoms with van der Waals surface area (Å²) < 4.78 is 37.9. The fourth-order valence-electron chi connectivity index (χ4n) is 2.89. The van der Waals surface area contributed by atoms with Gasteiger partial charge >= 0.3 is 16.6 Å². The molecule has 1 aliphatic rings. The zero-order valence-electron chi connectivity index (χ0n) is 13.8. The lowest BCUT2D eigenvalue weighted by atomic mass is 9.99. The van der Waals surface area contributed by atoms with Crippen LogP contribution in [0.15, 0.2) is 40.3 Å². The molecule has 3 heterocycles. The van der Waals surface area contributed by atoms with Crippen LogP contribution in [0.3, 0.4) is 0 Å². The van der Waals surface area contributed by atoms with E-state index in [9.17, 15) is 12.6 Å². The van der Waals surface area contributed by atoms with Crippen molar-refractivity contribution in [3.63, 3.8) is 0 Å². The molecule has 0 spiro atoms.